The number of carbonyl (C=O) groups excluding carboxylic acids is 2. The fourth-order valence-electron chi connectivity index (χ4n) is 1.94. The first kappa shape index (κ1) is 18.8. The molecule has 0 fully saturated rings. The number of carbonyl (C=O) groups is 2. The van der Waals surface area contributed by atoms with Crippen LogP contribution < -0.4 is 16.4 Å². The number of rotatable bonds is 6. The van der Waals surface area contributed by atoms with Gasteiger partial charge >= 0.3 is 6.09 Å². The molecule has 0 spiro atoms. The van der Waals surface area contributed by atoms with Crippen LogP contribution in [0, 0.1) is 6.92 Å². The molecule has 130 valence electrons. The highest BCUT2D eigenvalue weighted by atomic mass is 16.6. The van der Waals surface area contributed by atoms with E-state index in [0.29, 0.717) is 43.1 Å². The Balaban J connectivity index is 2.37. The van der Waals surface area contributed by atoms with Crippen molar-refractivity contribution in [3.05, 3.63) is 11.4 Å². The Morgan fingerprint density at radius 3 is 2.43 bits per heavy atom. The molecule has 1 aromatic heterocycles. The zero-order valence-electron chi connectivity index (χ0n) is 14.5. The fraction of sp³-hybridized carbons (Fsp3) is 0.667. The number of anilines is 1. The average Bonchev–Trinajstić information content (AvgIpc) is 2.71. The predicted molar refractivity (Wildman–Crippen MR) is 88.2 cm³/mol. The van der Waals surface area contributed by atoms with E-state index in [-0.39, 0.29) is 5.91 Å². The van der Waals surface area contributed by atoms with Crippen LogP contribution in [0.2, 0.25) is 0 Å². The molecule has 0 aromatic carbocycles. The lowest BCUT2D eigenvalue weighted by atomic mass is 10.2. The van der Waals surface area contributed by atoms with Crippen molar-refractivity contribution < 1.29 is 14.3 Å². The molecule has 0 unspecified atom stereocenters. The topological polar surface area (TPSA) is 111 Å². The molecule has 1 aromatic rings. The molecule has 8 heteroatoms. The normalized spacial score (nSPS) is 11.2. The maximum atomic E-state index is 12.2. The SMILES string of the molecule is CCn1nc(C)c(N)c1C(=O)NCCCNC(=O)OC(C)(C)C. The van der Waals surface area contributed by atoms with Crippen LogP contribution in [0.3, 0.4) is 0 Å². The van der Waals surface area contributed by atoms with E-state index in [1.165, 1.54) is 0 Å². The Morgan fingerprint density at radius 1 is 1.26 bits per heavy atom. The zero-order valence-corrected chi connectivity index (χ0v) is 14.5. The summed E-state index contributed by atoms with van der Waals surface area (Å²) in [5.74, 6) is -0.262. The van der Waals surface area contributed by atoms with Gasteiger partial charge in [-0.05, 0) is 41.0 Å². The van der Waals surface area contributed by atoms with Gasteiger partial charge < -0.3 is 21.1 Å². The maximum absolute atomic E-state index is 12.2. The van der Waals surface area contributed by atoms with E-state index in [2.05, 4.69) is 15.7 Å². The van der Waals surface area contributed by atoms with Crippen LogP contribution in [-0.4, -0.2) is 40.5 Å². The summed E-state index contributed by atoms with van der Waals surface area (Å²) in [6.45, 7) is 10.5. The third-order valence-corrected chi connectivity index (χ3v) is 3.00. The van der Waals surface area contributed by atoms with Crippen molar-refractivity contribution >= 4 is 17.7 Å². The molecule has 0 radical (unpaired) electrons. The molecule has 0 saturated carbocycles. The van der Waals surface area contributed by atoms with E-state index in [1.54, 1.807) is 32.4 Å². The Bertz CT molecular complexity index is 560. The van der Waals surface area contributed by atoms with Crippen molar-refractivity contribution in [1.29, 1.82) is 0 Å². The van der Waals surface area contributed by atoms with E-state index in [1.807, 2.05) is 6.92 Å². The summed E-state index contributed by atoms with van der Waals surface area (Å²) in [6, 6.07) is 0. The van der Waals surface area contributed by atoms with Crippen molar-refractivity contribution in [2.24, 2.45) is 0 Å². The molecule has 0 atom stereocenters. The van der Waals surface area contributed by atoms with Gasteiger partial charge in [-0.3, -0.25) is 9.48 Å². The second-order valence-corrected chi connectivity index (χ2v) is 6.20. The Labute approximate surface area is 136 Å². The van der Waals surface area contributed by atoms with E-state index < -0.39 is 11.7 Å². The van der Waals surface area contributed by atoms with Crippen LogP contribution >= 0.6 is 0 Å². The molecule has 2 amide bonds. The number of hydrogen-bond acceptors (Lipinski definition) is 5. The summed E-state index contributed by atoms with van der Waals surface area (Å²) in [5, 5.41) is 9.62. The van der Waals surface area contributed by atoms with Crippen molar-refractivity contribution in [2.75, 3.05) is 18.8 Å². The number of ether oxygens (including phenoxy) is 1. The van der Waals surface area contributed by atoms with E-state index in [0.717, 1.165) is 0 Å². The largest absolute Gasteiger partial charge is 0.444 e. The number of nitrogen functional groups attached to an aromatic ring is 1. The van der Waals surface area contributed by atoms with Crippen LogP contribution in [0.15, 0.2) is 0 Å². The van der Waals surface area contributed by atoms with E-state index in [4.69, 9.17) is 10.5 Å². The first-order valence-corrected chi connectivity index (χ1v) is 7.73. The van der Waals surface area contributed by atoms with Gasteiger partial charge in [0, 0.05) is 19.6 Å². The molecule has 0 saturated heterocycles. The Morgan fingerprint density at radius 2 is 1.87 bits per heavy atom. The van der Waals surface area contributed by atoms with Crippen LogP contribution in [-0.2, 0) is 11.3 Å². The highest BCUT2D eigenvalue weighted by Crippen LogP contribution is 2.16. The number of aromatic nitrogens is 2. The molecule has 0 aliphatic carbocycles. The minimum absolute atomic E-state index is 0.262. The second kappa shape index (κ2) is 7.85. The first-order valence-electron chi connectivity index (χ1n) is 7.73. The quantitative estimate of drug-likeness (QED) is 0.685. The molecule has 4 N–H and O–H groups in total. The fourth-order valence-corrected chi connectivity index (χ4v) is 1.94. The van der Waals surface area contributed by atoms with Gasteiger partial charge in [0.15, 0.2) is 0 Å². The summed E-state index contributed by atoms with van der Waals surface area (Å²) in [6.07, 6.45) is 0.122. The van der Waals surface area contributed by atoms with Crippen molar-refractivity contribution in [3.63, 3.8) is 0 Å². The van der Waals surface area contributed by atoms with Gasteiger partial charge in [0.25, 0.3) is 5.91 Å². The summed E-state index contributed by atoms with van der Waals surface area (Å²) >= 11 is 0. The smallest absolute Gasteiger partial charge is 0.407 e. The van der Waals surface area contributed by atoms with Gasteiger partial charge in [-0.15, -0.1) is 0 Å². The third-order valence-electron chi connectivity index (χ3n) is 3.00. The van der Waals surface area contributed by atoms with Gasteiger partial charge in [0.1, 0.15) is 11.3 Å². The third kappa shape index (κ3) is 5.80. The summed E-state index contributed by atoms with van der Waals surface area (Å²) < 4.78 is 6.70. The summed E-state index contributed by atoms with van der Waals surface area (Å²) in [7, 11) is 0. The van der Waals surface area contributed by atoms with E-state index >= 15 is 0 Å². The Kier molecular flexibility index (Phi) is 6.41. The van der Waals surface area contributed by atoms with Crippen molar-refractivity contribution in [2.45, 2.75) is 53.2 Å². The molecule has 0 bridgehead atoms. The molecule has 0 aliphatic heterocycles. The molecule has 8 nitrogen and oxygen atoms in total. The number of alkyl carbamates (subject to hydrolysis) is 1. The van der Waals surface area contributed by atoms with Gasteiger partial charge in [-0.2, -0.15) is 5.10 Å². The molecule has 1 rings (SSSR count). The van der Waals surface area contributed by atoms with Gasteiger partial charge in [0.2, 0.25) is 0 Å². The lowest BCUT2D eigenvalue weighted by Gasteiger charge is -2.19. The maximum Gasteiger partial charge on any atom is 0.407 e. The minimum Gasteiger partial charge on any atom is -0.444 e. The highest BCUT2D eigenvalue weighted by Gasteiger charge is 2.18. The Hall–Kier alpha value is -2.25. The standard InChI is InChI=1S/C15H27N5O3/c1-6-20-12(11(16)10(2)19-20)13(21)17-8-7-9-18-14(22)23-15(3,4)5/h6-9,16H2,1-5H3,(H,17,21)(H,18,22). The predicted octanol–water partition coefficient (Wildman–Crippen LogP) is 1.44. The molecule has 23 heavy (non-hydrogen) atoms. The van der Waals surface area contributed by atoms with Gasteiger partial charge in [-0.1, -0.05) is 0 Å². The van der Waals surface area contributed by atoms with Crippen LogP contribution in [0.4, 0.5) is 10.5 Å². The minimum atomic E-state index is -0.522. The number of aryl methyl sites for hydroxylation is 2. The van der Waals surface area contributed by atoms with Crippen LogP contribution in [0.25, 0.3) is 0 Å². The number of nitrogens with one attached hydrogen (secondary N) is 2. The number of nitrogens with zero attached hydrogens (tertiary/aromatic N) is 2. The first-order chi connectivity index (χ1) is 10.7. The van der Waals surface area contributed by atoms with Crippen LogP contribution in [0.5, 0.6) is 0 Å². The van der Waals surface area contributed by atoms with Gasteiger partial charge in [0.05, 0.1) is 11.4 Å². The average molecular weight is 325 g/mol. The van der Waals surface area contributed by atoms with Gasteiger partial charge in [-0.25, -0.2) is 4.79 Å². The van der Waals surface area contributed by atoms with Crippen molar-refractivity contribution in [1.82, 2.24) is 20.4 Å². The van der Waals surface area contributed by atoms with E-state index in [9.17, 15) is 9.59 Å². The number of nitrogens with two attached hydrogens (primary N) is 1. The zero-order chi connectivity index (χ0) is 17.6. The second-order valence-electron chi connectivity index (χ2n) is 6.20. The summed E-state index contributed by atoms with van der Waals surface area (Å²) in [4.78, 5) is 23.6. The summed E-state index contributed by atoms with van der Waals surface area (Å²) in [5.41, 5.74) is 6.79. The monoisotopic (exact) mass is 325 g/mol. The molecule has 1 heterocycles. The number of hydrogen-bond donors (Lipinski definition) is 3. The molecular weight excluding hydrogens is 298 g/mol. The molecule has 0 aliphatic rings. The molecular formula is C15H27N5O3. The number of amides is 2. The van der Waals surface area contributed by atoms with Crippen molar-refractivity contribution in [3.8, 4) is 0 Å². The highest BCUT2D eigenvalue weighted by molar-refractivity contribution is 5.97. The van der Waals surface area contributed by atoms with Crippen LogP contribution in [0.1, 0.15) is 50.3 Å². The lowest BCUT2D eigenvalue weighted by Crippen LogP contribution is -2.34. The lowest BCUT2D eigenvalue weighted by molar-refractivity contribution is 0.0527.